The number of rotatable bonds is 6. The highest BCUT2D eigenvalue weighted by atomic mass is 32.2. The normalized spacial score (nSPS) is 24.0. The van der Waals surface area contributed by atoms with Crippen LogP contribution >= 0.6 is 11.8 Å². The van der Waals surface area contributed by atoms with Crippen LogP contribution in [0.15, 0.2) is 36.4 Å². The quantitative estimate of drug-likeness (QED) is 0.845. The molecule has 2 aliphatic rings. The molecule has 1 aliphatic carbocycles. The van der Waals surface area contributed by atoms with E-state index in [-0.39, 0.29) is 11.3 Å². The van der Waals surface area contributed by atoms with E-state index in [4.69, 9.17) is 0 Å². The lowest BCUT2D eigenvalue weighted by atomic mass is 9.82. The van der Waals surface area contributed by atoms with Crippen molar-refractivity contribution in [3.63, 3.8) is 0 Å². The fourth-order valence-electron chi connectivity index (χ4n) is 3.64. The zero-order valence-electron chi connectivity index (χ0n) is 14.2. The van der Waals surface area contributed by atoms with Crippen molar-refractivity contribution in [3.05, 3.63) is 42.0 Å². The lowest BCUT2D eigenvalue weighted by molar-refractivity contribution is -0.128. The van der Waals surface area contributed by atoms with Crippen LogP contribution < -0.4 is 0 Å². The highest BCUT2D eigenvalue weighted by molar-refractivity contribution is 8.01. The van der Waals surface area contributed by atoms with Gasteiger partial charge in [0.05, 0.1) is 16.7 Å². The largest absolute Gasteiger partial charge is 0.390 e. The van der Waals surface area contributed by atoms with Gasteiger partial charge in [0.15, 0.2) is 0 Å². The Labute approximate surface area is 149 Å². The molecule has 1 unspecified atom stereocenters. The van der Waals surface area contributed by atoms with Crippen molar-refractivity contribution in [3.8, 4) is 0 Å². The SMILES string of the molecule is O=C1CSC(CC=Cc2ccccc2)N1CCC1(O)CCCCC1. The van der Waals surface area contributed by atoms with Crippen molar-refractivity contribution in [1.29, 1.82) is 0 Å². The third-order valence-electron chi connectivity index (χ3n) is 5.12. The maximum Gasteiger partial charge on any atom is 0.233 e. The smallest absolute Gasteiger partial charge is 0.233 e. The zero-order chi connectivity index (χ0) is 16.8. The number of nitrogens with zero attached hydrogens (tertiary/aromatic N) is 1. The molecule has 1 aromatic rings. The highest BCUT2D eigenvalue weighted by Gasteiger charge is 2.34. The van der Waals surface area contributed by atoms with Gasteiger partial charge in [0.1, 0.15) is 0 Å². The molecule has 1 saturated carbocycles. The number of amides is 1. The summed E-state index contributed by atoms with van der Waals surface area (Å²) < 4.78 is 0. The van der Waals surface area contributed by atoms with Crippen molar-refractivity contribution in [1.82, 2.24) is 4.90 Å². The number of carbonyl (C=O) groups excluding carboxylic acids is 1. The Hall–Kier alpha value is -1.26. The van der Waals surface area contributed by atoms with E-state index in [0.29, 0.717) is 12.3 Å². The van der Waals surface area contributed by atoms with E-state index in [2.05, 4.69) is 24.3 Å². The Morgan fingerprint density at radius 1 is 1.21 bits per heavy atom. The van der Waals surface area contributed by atoms with Crippen LogP contribution in [0, 0.1) is 0 Å². The predicted octanol–water partition coefficient (Wildman–Crippen LogP) is 4.08. The Morgan fingerprint density at radius 2 is 1.96 bits per heavy atom. The van der Waals surface area contributed by atoms with Gasteiger partial charge in [-0.3, -0.25) is 4.79 Å². The molecule has 3 nitrogen and oxygen atoms in total. The van der Waals surface area contributed by atoms with Crippen LogP contribution in [0.4, 0.5) is 0 Å². The summed E-state index contributed by atoms with van der Waals surface area (Å²) in [7, 11) is 0. The average Bonchev–Trinajstić information content (AvgIpc) is 2.95. The number of hydrogen-bond acceptors (Lipinski definition) is 3. The molecule has 1 heterocycles. The summed E-state index contributed by atoms with van der Waals surface area (Å²) in [4.78, 5) is 14.2. The third kappa shape index (κ3) is 4.64. The second-order valence-electron chi connectivity index (χ2n) is 6.94. The fraction of sp³-hybridized carbons (Fsp3) is 0.550. The van der Waals surface area contributed by atoms with Gasteiger partial charge in [0.25, 0.3) is 0 Å². The molecule has 1 amide bonds. The molecule has 0 radical (unpaired) electrons. The van der Waals surface area contributed by atoms with Gasteiger partial charge in [-0.1, -0.05) is 61.7 Å². The maximum atomic E-state index is 12.2. The molecule has 24 heavy (non-hydrogen) atoms. The zero-order valence-corrected chi connectivity index (χ0v) is 15.0. The summed E-state index contributed by atoms with van der Waals surface area (Å²) in [5.41, 5.74) is 0.644. The standard InChI is InChI=1S/C20H27NO2S/c22-18-16-24-19(11-7-10-17-8-3-1-4-9-17)21(18)15-14-20(23)12-5-2-6-13-20/h1,3-4,7-10,19,23H,2,5-6,11-16H2. The van der Waals surface area contributed by atoms with E-state index in [9.17, 15) is 9.90 Å². The van der Waals surface area contributed by atoms with E-state index in [0.717, 1.165) is 38.5 Å². The van der Waals surface area contributed by atoms with Gasteiger partial charge in [0, 0.05) is 6.54 Å². The van der Waals surface area contributed by atoms with E-state index >= 15 is 0 Å². The summed E-state index contributed by atoms with van der Waals surface area (Å²) in [6, 6.07) is 10.2. The molecule has 0 bridgehead atoms. The average molecular weight is 346 g/mol. The molecule has 1 aliphatic heterocycles. The topological polar surface area (TPSA) is 40.5 Å². The van der Waals surface area contributed by atoms with Crippen molar-refractivity contribution >= 4 is 23.7 Å². The second kappa shape index (κ2) is 8.21. The van der Waals surface area contributed by atoms with Gasteiger partial charge in [-0.15, -0.1) is 11.8 Å². The minimum Gasteiger partial charge on any atom is -0.390 e. The molecule has 4 heteroatoms. The van der Waals surface area contributed by atoms with Crippen LogP contribution in [0.1, 0.15) is 50.5 Å². The maximum absolute atomic E-state index is 12.2. The van der Waals surface area contributed by atoms with Gasteiger partial charge >= 0.3 is 0 Å². The minimum absolute atomic E-state index is 0.213. The molecular formula is C20H27NO2S. The molecule has 130 valence electrons. The number of carbonyl (C=O) groups is 1. The van der Waals surface area contributed by atoms with Crippen molar-refractivity contribution < 1.29 is 9.90 Å². The third-order valence-corrected chi connectivity index (χ3v) is 6.36. The van der Waals surface area contributed by atoms with Gasteiger partial charge in [-0.25, -0.2) is 0 Å². The molecule has 1 atom stereocenters. The minimum atomic E-state index is -0.545. The van der Waals surface area contributed by atoms with E-state index in [1.165, 1.54) is 12.0 Å². The molecule has 1 N–H and O–H groups in total. The monoisotopic (exact) mass is 345 g/mol. The summed E-state index contributed by atoms with van der Waals surface area (Å²) in [6.07, 6.45) is 11.1. The molecule has 0 spiro atoms. The highest BCUT2D eigenvalue weighted by Crippen LogP contribution is 2.33. The first-order valence-corrected chi connectivity index (χ1v) is 10.1. The van der Waals surface area contributed by atoms with Crippen LogP contribution in [-0.2, 0) is 4.79 Å². The van der Waals surface area contributed by atoms with Crippen molar-refractivity contribution in [2.45, 2.75) is 55.9 Å². The fourth-order valence-corrected chi connectivity index (χ4v) is 4.79. The summed E-state index contributed by atoms with van der Waals surface area (Å²) in [5.74, 6) is 0.792. The lowest BCUT2D eigenvalue weighted by Gasteiger charge is -2.34. The first-order chi connectivity index (χ1) is 11.7. The molecule has 0 aromatic heterocycles. The first kappa shape index (κ1) is 17.6. The van der Waals surface area contributed by atoms with Crippen molar-refractivity contribution in [2.75, 3.05) is 12.3 Å². The molecular weight excluding hydrogens is 318 g/mol. The molecule has 1 saturated heterocycles. The first-order valence-electron chi connectivity index (χ1n) is 9.01. The van der Waals surface area contributed by atoms with Crippen LogP contribution in [0.3, 0.4) is 0 Å². The number of hydrogen-bond donors (Lipinski definition) is 1. The Balaban J connectivity index is 1.53. The molecule has 2 fully saturated rings. The van der Waals surface area contributed by atoms with Crippen LogP contribution in [0.5, 0.6) is 0 Å². The van der Waals surface area contributed by atoms with Gasteiger partial charge in [-0.2, -0.15) is 0 Å². The number of aliphatic hydroxyl groups is 1. The van der Waals surface area contributed by atoms with Crippen LogP contribution in [0.25, 0.3) is 6.08 Å². The summed E-state index contributed by atoms with van der Waals surface area (Å²) >= 11 is 1.72. The number of benzene rings is 1. The van der Waals surface area contributed by atoms with Gasteiger partial charge in [-0.05, 0) is 31.2 Å². The van der Waals surface area contributed by atoms with E-state index in [1.54, 1.807) is 11.8 Å². The number of thioether (sulfide) groups is 1. The van der Waals surface area contributed by atoms with E-state index in [1.807, 2.05) is 23.1 Å². The van der Waals surface area contributed by atoms with Crippen molar-refractivity contribution in [2.24, 2.45) is 0 Å². The molecule has 1 aromatic carbocycles. The Bertz CT molecular complexity index is 566. The Kier molecular flexibility index (Phi) is 6.01. The molecule has 3 rings (SSSR count). The van der Waals surface area contributed by atoms with E-state index < -0.39 is 5.60 Å². The summed E-state index contributed by atoms with van der Waals surface area (Å²) in [6.45, 7) is 0.687. The second-order valence-corrected chi connectivity index (χ2v) is 8.10. The van der Waals surface area contributed by atoms with Crippen LogP contribution in [-0.4, -0.2) is 39.2 Å². The lowest BCUT2D eigenvalue weighted by Crippen LogP contribution is -2.40. The Morgan fingerprint density at radius 3 is 2.71 bits per heavy atom. The van der Waals surface area contributed by atoms with Gasteiger partial charge < -0.3 is 10.0 Å². The summed E-state index contributed by atoms with van der Waals surface area (Å²) in [5, 5.41) is 10.9. The van der Waals surface area contributed by atoms with Crippen LogP contribution in [0.2, 0.25) is 0 Å². The van der Waals surface area contributed by atoms with Gasteiger partial charge in [0.2, 0.25) is 5.91 Å². The predicted molar refractivity (Wildman–Crippen MR) is 101 cm³/mol.